The molecule has 0 saturated heterocycles. The molecule has 0 atom stereocenters. The summed E-state index contributed by atoms with van der Waals surface area (Å²) in [5.74, 6) is 0.790. The highest BCUT2D eigenvalue weighted by atomic mass is 16.5. The molecule has 0 fully saturated rings. The van der Waals surface area contributed by atoms with Crippen molar-refractivity contribution in [2.45, 2.75) is 46.1 Å². The standard InChI is InChI=1S/C15H26N2O/c1-4-9-17-10-5-6-13-7-8-15(14(16)11-13)18-12(2)3/h7-8,11-12,17H,4-6,9-10,16H2,1-3H3. The summed E-state index contributed by atoms with van der Waals surface area (Å²) < 4.78 is 5.62. The number of rotatable bonds is 8. The Morgan fingerprint density at radius 1 is 1.28 bits per heavy atom. The van der Waals surface area contributed by atoms with Gasteiger partial charge in [0.1, 0.15) is 5.75 Å². The van der Waals surface area contributed by atoms with E-state index in [0.717, 1.165) is 37.4 Å². The zero-order valence-electron chi connectivity index (χ0n) is 11.8. The van der Waals surface area contributed by atoms with Crippen molar-refractivity contribution in [1.82, 2.24) is 5.32 Å². The first kappa shape index (κ1) is 14.8. The maximum atomic E-state index is 5.98. The zero-order chi connectivity index (χ0) is 13.4. The summed E-state index contributed by atoms with van der Waals surface area (Å²) >= 11 is 0. The van der Waals surface area contributed by atoms with Crippen molar-refractivity contribution in [2.24, 2.45) is 0 Å². The molecule has 0 unspecified atom stereocenters. The smallest absolute Gasteiger partial charge is 0.142 e. The van der Waals surface area contributed by atoms with Gasteiger partial charge in [-0.1, -0.05) is 13.0 Å². The summed E-state index contributed by atoms with van der Waals surface area (Å²) in [6.45, 7) is 8.36. The number of anilines is 1. The van der Waals surface area contributed by atoms with Gasteiger partial charge >= 0.3 is 0 Å². The summed E-state index contributed by atoms with van der Waals surface area (Å²) in [5.41, 5.74) is 8.00. The number of nitrogen functional groups attached to an aromatic ring is 1. The lowest BCUT2D eigenvalue weighted by atomic mass is 10.1. The summed E-state index contributed by atoms with van der Waals surface area (Å²) in [5, 5.41) is 3.40. The molecule has 1 rings (SSSR count). The van der Waals surface area contributed by atoms with Crippen LogP contribution in [0.4, 0.5) is 5.69 Å². The Kier molecular flexibility index (Phi) is 6.58. The van der Waals surface area contributed by atoms with Crippen LogP contribution in [0.3, 0.4) is 0 Å². The lowest BCUT2D eigenvalue weighted by Gasteiger charge is -2.13. The lowest BCUT2D eigenvalue weighted by molar-refractivity contribution is 0.244. The summed E-state index contributed by atoms with van der Waals surface area (Å²) in [6.07, 6.45) is 3.55. The molecule has 0 spiro atoms. The van der Waals surface area contributed by atoms with E-state index in [-0.39, 0.29) is 6.10 Å². The molecule has 102 valence electrons. The maximum Gasteiger partial charge on any atom is 0.142 e. The van der Waals surface area contributed by atoms with E-state index in [9.17, 15) is 0 Å². The van der Waals surface area contributed by atoms with Gasteiger partial charge in [-0.2, -0.15) is 0 Å². The molecular weight excluding hydrogens is 224 g/mol. The molecule has 0 saturated carbocycles. The average molecular weight is 250 g/mol. The quantitative estimate of drug-likeness (QED) is 0.551. The Balaban J connectivity index is 2.41. The van der Waals surface area contributed by atoms with E-state index in [0.29, 0.717) is 0 Å². The van der Waals surface area contributed by atoms with E-state index < -0.39 is 0 Å². The average Bonchev–Trinajstić information content (AvgIpc) is 2.32. The molecule has 0 aliphatic heterocycles. The molecule has 0 amide bonds. The number of nitrogens with two attached hydrogens (primary N) is 1. The largest absolute Gasteiger partial charge is 0.489 e. The molecule has 3 N–H and O–H groups in total. The topological polar surface area (TPSA) is 47.3 Å². The van der Waals surface area contributed by atoms with Gasteiger partial charge in [-0.15, -0.1) is 0 Å². The molecule has 0 bridgehead atoms. The van der Waals surface area contributed by atoms with E-state index in [1.807, 2.05) is 26.0 Å². The van der Waals surface area contributed by atoms with Crippen LogP contribution in [-0.2, 0) is 6.42 Å². The summed E-state index contributed by atoms with van der Waals surface area (Å²) in [6, 6.07) is 6.11. The second-order valence-electron chi connectivity index (χ2n) is 4.89. The van der Waals surface area contributed by atoms with Gasteiger partial charge in [0.25, 0.3) is 0 Å². The highest BCUT2D eigenvalue weighted by Gasteiger charge is 2.04. The monoisotopic (exact) mass is 250 g/mol. The van der Waals surface area contributed by atoms with Gasteiger partial charge in [-0.25, -0.2) is 0 Å². The predicted octanol–water partition coefficient (Wildman–Crippen LogP) is 2.99. The third-order valence-electron chi connectivity index (χ3n) is 2.68. The van der Waals surface area contributed by atoms with Crippen LogP contribution in [0, 0.1) is 0 Å². The number of aryl methyl sites for hydroxylation is 1. The van der Waals surface area contributed by atoms with Crippen molar-refractivity contribution in [2.75, 3.05) is 18.8 Å². The van der Waals surface area contributed by atoms with Crippen LogP contribution < -0.4 is 15.8 Å². The van der Waals surface area contributed by atoms with Crippen molar-refractivity contribution >= 4 is 5.69 Å². The zero-order valence-corrected chi connectivity index (χ0v) is 11.8. The molecular formula is C15H26N2O. The fraction of sp³-hybridized carbons (Fsp3) is 0.600. The highest BCUT2D eigenvalue weighted by molar-refractivity contribution is 5.54. The Labute approximate surface area is 111 Å². The molecule has 3 heteroatoms. The summed E-state index contributed by atoms with van der Waals surface area (Å²) in [4.78, 5) is 0. The SMILES string of the molecule is CCCNCCCc1ccc(OC(C)C)c(N)c1. The van der Waals surface area contributed by atoms with Gasteiger partial charge in [0.2, 0.25) is 0 Å². The Hall–Kier alpha value is -1.22. The number of ether oxygens (including phenoxy) is 1. The molecule has 0 aliphatic carbocycles. The minimum Gasteiger partial charge on any atom is -0.489 e. The molecule has 3 nitrogen and oxygen atoms in total. The Morgan fingerprint density at radius 3 is 2.67 bits per heavy atom. The van der Waals surface area contributed by atoms with Gasteiger partial charge < -0.3 is 15.8 Å². The molecule has 0 aromatic heterocycles. The first-order valence-corrected chi connectivity index (χ1v) is 6.89. The van der Waals surface area contributed by atoms with E-state index >= 15 is 0 Å². The van der Waals surface area contributed by atoms with Crippen molar-refractivity contribution in [1.29, 1.82) is 0 Å². The van der Waals surface area contributed by atoms with E-state index in [1.165, 1.54) is 12.0 Å². The molecule has 0 aliphatic rings. The minimum atomic E-state index is 0.163. The number of hydrogen-bond donors (Lipinski definition) is 2. The molecule has 1 aromatic carbocycles. The van der Waals surface area contributed by atoms with Crippen molar-refractivity contribution in [3.8, 4) is 5.75 Å². The van der Waals surface area contributed by atoms with Crippen LogP contribution in [0.2, 0.25) is 0 Å². The second-order valence-corrected chi connectivity index (χ2v) is 4.89. The van der Waals surface area contributed by atoms with Gasteiger partial charge in [-0.3, -0.25) is 0 Å². The Morgan fingerprint density at radius 2 is 2.06 bits per heavy atom. The number of hydrogen-bond acceptors (Lipinski definition) is 3. The van der Waals surface area contributed by atoms with E-state index in [2.05, 4.69) is 18.3 Å². The van der Waals surface area contributed by atoms with Crippen LogP contribution >= 0.6 is 0 Å². The third-order valence-corrected chi connectivity index (χ3v) is 2.68. The van der Waals surface area contributed by atoms with Crippen LogP contribution in [0.15, 0.2) is 18.2 Å². The van der Waals surface area contributed by atoms with Crippen molar-refractivity contribution < 1.29 is 4.74 Å². The lowest BCUT2D eigenvalue weighted by Crippen LogP contribution is -2.16. The summed E-state index contributed by atoms with van der Waals surface area (Å²) in [7, 11) is 0. The molecule has 0 heterocycles. The third kappa shape index (κ3) is 5.41. The number of benzene rings is 1. The van der Waals surface area contributed by atoms with Gasteiger partial charge in [0.15, 0.2) is 0 Å². The molecule has 18 heavy (non-hydrogen) atoms. The highest BCUT2D eigenvalue weighted by Crippen LogP contribution is 2.24. The van der Waals surface area contributed by atoms with Gasteiger partial charge in [-0.05, 0) is 63.9 Å². The van der Waals surface area contributed by atoms with Crippen molar-refractivity contribution in [3.05, 3.63) is 23.8 Å². The fourth-order valence-corrected chi connectivity index (χ4v) is 1.83. The second kappa shape index (κ2) is 7.98. The van der Waals surface area contributed by atoms with Crippen LogP contribution in [0.25, 0.3) is 0 Å². The predicted molar refractivity (Wildman–Crippen MR) is 78.1 cm³/mol. The van der Waals surface area contributed by atoms with Gasteiger partial charge in [0, 0.05) is 0 Å². The maximum absolute atomic E-state index is 5.98. The van der Waals surface area contributed by atoms with E-state index in [1.54, 1.807) is 0 Å². The van der Waals surface area contributed by atoms with Gasteiger partial charge in [0.05, 0.1) is 11.8 Å². The van der Waals surface area contributed by atoms with E-state index in [4.69, 9.17) is 10.5 Å². The Bertz CT molecular complexity index is 350. The van der Waals surface area contributed by atoms with Crippen LogP contribution in [0.5, 0.6) is 5.75 Å². The fourth-order valence-electron chi connectivity index (χ4n) is 1.83. The van der Waals surface area contributed by atoms with Crippen LogP contribution in [0.1, 0.15) is 39.2 Å². The van der Waals surface area contributed by atoms with Crippen molar-refractivity contribution in [3.63, 3.8) is 0 Å². The molecule has 0 radical (unpaired) electrons. The minimum absolute atomic E-state index is 0.163. The first-order chi connectivity index (χ1) is 8.63. The normalized spacial score (nSPS) is 10.9. The number of nitrogens with one attached hydrogen (secondary N) is 1. The van der Waals surface area contributed by atoms with Crippen LogP contribution in [-0.4, -0.2) is 19.2 Å². The first-order valence-electron chi connectivity index (χ1n) is 6.89. The molecule has 1 aromatic rings.